The van der Waals surface area contributed by atoms with Gasteiger partial charge in [0.1, 0.15) is 0 Å². The van der Waals surface area contributed by atoms with Gasteiger partial charge in [-0.3, -0.25) is 4.79 Å². The van der Waals surface area contributed by atoms with Crippen LogP contribution < -0.4 is 5.32 Å². The standard InChI is InChI=1S/C21H30N2O5S/c1-16(20(24)22-15-17-7-3-2-4-8-17)28-21(25)18-9-11-19(12-10-18)29(26,27)23-13-5-6-14-23/h9-12,16-17H,2-8,13-15H2,1H3,(H,22,24)/t16-/m0/s1. The number of hydrogen-bond donors (Lipinski definition) is 1. The average Bonchev–Trinajstić information content (AvgIpc) is 3.28. The molecule has 1 aliphatic heterocycles. The Labute approximate surface area is 172 Å². The maximum Gasteiger partial charge on any atom is 0.338 e. The SMILES string of the molecule is C[C@H](OC(=O)c1ccc(S(=O)(=O)N2CCCC2)cc1)C(=O)NCC1CCCCC1. The van der Waals surface area contributed by atoms with Crippen molar-refractivity contribution in [2.75, 3.05) is 19.6 Å². The highest BCUT2D eigenvalue weighted by molar-refractivity contribution is 7.89. The lowest BCUT2D eigenvalue weighted by molar-refractivity contribution is -0.129. The Hall–Kier alpha value is -1.93. The summed E-state index contributed by atoms with van der Waals surface area (Å²) in [5.41, 5.74) is 0.220. The maximum absolute atomic E-state index is 12.5. The number of esters is 1. The summed E-state index contributed by atoms with van der Waals surface area (Å²) in [5, 5.41) is 2.87. The molecule has 0 unspecified atom stereocenters. The van der Waals surface area contributed by atoms with Gasteiger partial charge in [-0.15, -0.1) is 0 Å². The number of carbonyl (C=O) groups is 2. The van der Waals surface area contributed by atoms with Crippen LogP contribution in [0, 0.1) is 5.92 Å². The second-order valence-corrected chi connectivity index (χ2v) is 9.87. The molecule has 7 nitrogen and oxygen atoms in total. The van der Waals surface area contributed by atoms with Crippen molar-refractivity contribution in [3.63, 3.8) is 0 Å². The highest BCUT2D eigenvalue weighted by Crippen LogP contribution is 2.23. The number of rotatable bonds is 7. The van der Waals surface area contributed by atoms with Crippen LogP contribution in [-0.4, -0.2) is 50.3 Å². The van der Waals surface area contributed by atoms with Crippen LogP contribution in [0.15, 0.2) is 29.2 Å². The van der Waals surface area contributed by atoms with Crippen molar-refractivity contribution in [1.82, 2.24) is 9.62 Å². The van der Waals surface area contributed by atoms with Crippen LogP contribution in [0.25, 0.3) is 0 Å². The molecule has 1 N–H and O–H groups in total. The first-order chi connectivity index (χ1) is 13.9. The van der Waals surface area contributed by atoms with Gasteiger partial charge in [0.2, 0.25) is 10.0 Å². The van der Waals surface area contributed by atoms with Crippen LogP contribution in [0.3, 0.4) is 0 Å². The Balaban J connectivity index is 1.52. The molecule has 2 fully saturated rings. The number of amides is 1. The molecule has 160 valence electrons. The second kappa shape index (κ2) is 9.71. The number of hydrogen-bond acceptors (Lipinski definition) is 5. The lowest BCUT2D eigenvalue weighted by atomic mass is 9.89. The highest BCUT2D eigenvalue weighted by Gasteiger charge is 2.27. The van der Waals surface area contributed by atoms with Crippen LogP contribution in [0.1, 0.15) is 62.2 Å². The molecule has 0 radical (unpaired) electrons. The van der Waals surface area contributed by atoms with Gasteiger partial charge in [-0.25, -0.2) is 13.2 Å². The van der Waals surface area contributed by atoms with Gasteiger partial charge in [-0.1, -0.05) is 19.3 Å². The van der Waals surface area contributed by atoms with Gasteiger partial charge in [0.15, 0.2) is 6.10 Å². The van der Waals surface area contributed by atoms with Crippen LogP contribution in [0.4, 0.5) is 0 Å². The molecule has 1 atom stereocenters. The summed E-state index contributed by atoms with van der Waals surface area (Å²) in [6, 6.07) is 5.69. The molecule has 8 heteroatoms. The van der Waals surface area contributed by atoms with Gasteiger partial charge in [-0.2, -0.15) is 4.31 Å². The molecule has 1 aromatic carbocycles. The van der Waals surface area contributed by atoms with E-state index in [0.717, 1.165) is 25.7 Å². The van der Waals surface area contributed by atoms with Crippen molar-refractivity contribution in [3.8, 4) is 0 Å². The monoisotopic (exact) mass is 422 g/mol. The van der Waals surface area contributed by atoms with Crippen molar-refractivity contribution in [1.29, 1.82) is 0 Å². The van der Waals surface area contributed by atoms with Crippen molar-refractivity contribution in [3.05, 3.63) is 29.8 Å². The predicted octanol–water partition coefficient (Wildman–Crippen LogP) is 2.71. The third kappa shape index (κ3) is 5.57. The zero-order chi connectivity index (χ0) is 20.9. The third-order valence-electron chi connectivity index (χ3n) is 5.74. The fourth-order valence-corrected chi connectivity index (χ4v) is 5.42. The molecular weight excluding hydrogens is 392 g/mol. The second-order valence-electron chi connectivity index (χ2n) is 7.93. The molecule has 0 spiro atoms. The Bertz CT molecular complexity index is 810. The van der Waals surface area contributed by atoms with E-state index in [9.17, 15) is 18.0 Å². The minimum Gasteiger partial charge on any atom is -0.449 e. The van der Waals surface area contributed by atoms with E-state index in [2.05, 4.69) is 5.32 Å². The topological polar surface area (TPSA) is 92.8 Å². The van der Waals surface area contributed by atoms with E-state index in [-0.39, 0.29) is 16.4 Å². The van der Waals surface area contributed by atoms with Gasteiger partial charge < -0.3 is 10.1 Å². The van der Waals surface area contributed by atoms with Crippen molar-refractivity contribution in [2.24, 2.45) is 5.92 Å². The lowest BCUT2D eigenvalue weighted by Crippen LogP contribution is -2.38. The van der Waals surface area contributed by atoms with E-state index in [1.165, 1.54) is 47.8 Å². The zero-order valence-corrected chi connectivity index (χ0v) is 17.7. The number of sulfonamides is 1. The van der Waals surface area contributed by atoms with Gasteiger partial charge in [0, 0.05) is 19.6 Å². The molecule has 1 amide bonds. The third-order valence-corrected chi connectivity index (χ3v) is 7.65. The number of nitrogens with zero attached hydrogens (tertiary/aromatic N) is 1. The Kier molecular flexibility index (Phi) is 7.29. The Morgan fingerprint density at radius 3 is 2.31 bits per heavy atom. The smallest absolute Gasteiger partial charge is 0.338 e. The minimum atomic E-state index is -3.52. The van der Waals surface area contributed by atoms with Crippen LogP contribution >= 0.6 is 0 Å². The molecule has 1 saturated heterocycles. The number of nitrogens with one attached hydrogen (secondary N) is 1. The average molecular weight is 423 g/mol. The molecule has 1 heterocycles. The first kappa shape index (κ1) is 21.8. The summed E-state index contributed by atoms with van der Waals surface area (Å²) < 4.78 is 31.8. The number of benzene rings is 1. The zero-order valence-electron chi connectivity index (χ0n) is 16.9. The summed E-state index contributed by atoms with van der Waals surface area (Å²) >= 11 is 0. The van der Waals surface area contributed by atoms with E-state index in [1.54, 1.807) is 6.92 Å². The maximum atomic E-state index is 12.5. The Morgan fingerprint density at radius 1 is 1.07 bits per heavy atom. The quantitative estimate of drug-likeness (QED) is 0.682. The molecular formula is C21H30N2O5S. The summed E-state index contributed by atoms with van der Waals surface area (Å²) in [7, 11) is -3.52. The molecule has 0 aromatic heterocycles. The largest absolute Gasteiger partial charge is 0.449 e. The predicted molar refractivity (Wildman–Crippen MR) is 109 cm³/mol. The number of ether oxygens (including phenoxy) is 1. The van der Waals surface area contributed by atoms with E-state index in [0.29, 0.717) is 25.6 Å². The summed E-state index contributed by atoms with van der Waals surface area (Å²) in [6.45, 7) is 3.21. The molecule has 3 rings (SSSR count). The number of carbonyl (C=O) groups excluding carboxylic acids is 2. The molecule has 1 aliphatic carbocycles. The molecule has 0 bridgehead atoms. The highest BCUT2D eigenvalue weighted by atomic mass is 32.2. The van der Waals surface area contributed by atoms with E-state index >= 15 is 0 Å². The van der Waals surface area contributed by atoms with Crippen molar-refractivity contribution in [2.45, 2.75) is 62.9 Å². The lowest BCUT2D eigenvalue weighted by Gasteiger charge is -2.22. The minimum absolute atomic E-state index is 0.161. The molecule has 1 aromatic rings. The van der Waals surface area contributed by atoms with E-state index in [4.69, 9.17) is 4.74 Å². The fraction of sp³-hybridized carbons (Fsp3) is 0.619. The van der Waals surface area contributed by atoms with Crippen LogP contribution in [-0.2, 0) is 19.6 Å². The van der Waals surface area contributed by atoms with Crippen LogP contribution in [0.5, 0.6) is 0 Å². The fourth-order valence-electron chi connectivity index (χ4n) is 3.90. The van der Waals surface area contributed by atoms with Gasteiger partial charge in [0.25, 0.3) is 5.91 Å². The summed E-state index contributed by atoms with van der Waals surface area (Å²) in [4.78, 5) is 24.7. The first-order valence-corrected chi connectivity index (χ1v) is 11.9. The molecule has 2 aliphatic rings. The van der Waals surface area contributed by atoms with Gasteiger partial charge in [0.05, 0.1) is 10.5 Å². The van der Waals surface area contributed by atoms with Gasteiger partial charge in [-0.05, 0) is 62.8 Å². The summed E-state index contributed by atoms with van der Waals surface area (Å²) in [5.74, 6) is -0.451. The van der Waals surface area contributed by atoms with E-state index in [1.807, 2.05) is 0 Å². The van der Waals surface area contributed by atoms with Crippen molar-refractivity contribution >= 4 is 21.9 Å². The van der Waals surface area contributed by atoms with E-state index < -0.39 is 22.1 Å². The van der Waals surface area contributed by atoms with Crippen molar-refractivity contribution < 1.29 is 22.7 Å². The first-order valence-electron chi connectivity index (χ1n) is 10.5. The Morgan fingerprint density at radius 2 is 1.69 bits per heavy atom. The summed E-state index contributed by atoms with van der Waals surface area (Å²) in [6.07, 6.45) is 6.75. The molecule has 1 saturated carbocycles. The normalized spacial score (nSPS) is 19.6. The molecule has 29 heavy (non-hydrogen) atoms. The van der Waals surface area contributed by atoms with Gasteiger partial charge >= 0.3 is 5.97 Å². The van der Waals surface area contributed by atoms with Crippen LogP contribution in [0.2, 0.25) is 0 Å².